The summed E-state index contributed by atoms with van der Waals surface area (Å²) in [6.07, 6.45) is 1.04. The van der Waals surface area contributed by atoms with Gasteiger partial charge in [-0.15, -0.1) is 0 Å². The van der Waals surface area contributed by atoms with Crippen molar-refractivity contribution in [3.05, 3.63) is 24.3 Å². The van der Waals surface area contributed by atoms with Gasteiger partial charge in [-0.25, -0.2) is 4.57 Å². The first-order valence-electron chi connectivity index (χ1n) is 5.50. The Hall–Kier alpha value is -1.03. The fourth-order valence-electron chi connectivity index (χ4n) is 1.25. The van der Waals surface area contributed by atoms with Crippen LogP contribution in [-0.4, -0.2) is 16.3 Å². The van der Waals surface area contributed by atoms with Crippen molar-refractivity contribution in [2.24, 2.45) is 5.92 Å². The zero-order valence-electron chi connectivity index (χ0n) is 9.96. The molecule has 0 aliphatic carbocycles. The first-order valence-corrected chi connectivity index (χ1v) is 7.03. The lowest BCUT2D eigenvalue weighted by atomic mass is 10.1. The molecule has 1 rings (SSSR count). The van der Waals surface area contributed by atoms with Gasteiger partial charge >= 0.3 is 7.82 Å². The van der Waals surface area contributed by atoms with Crippen molar-refractivity contribution in [3.8, 4) is 5.75 Å². The van der Waals surface area contributed by atoms with Crippen molar-refractivity contribution in [2.75, 3.05) is 11.9 Å². The maximum absolute atomic E-state index is 10.8. The van der Waals surface area contributed by atoms with Gasteiger partial charge in [0.1, 0.15) is 0 Å². The lowest BCUT2D eigenvalue weighted by molar-refractivity contribution is 0.283. The van der Waals surface area contributed by atoms with E-state index in [1.54, 1.807) is 18.2 Å². The molecular formula is C11H18NO4P. The van der Waals surface area contributed by atoms with Crippen LogP contribution in [0.5, 0.6) is 5.75 Å². The second kappa shape index (κ2) is 6.05. The molecule has 1 aromatic rings. The van der Waals surface area contributed by atoms with Crippen LogP contribution in [0.4, 0.5) is 5.69 Å². The number of para-hydroxylation sites is 2. The second-order valence-corrected chi connectivity index (χ2v) is 5.14. The summed E-state index contributed by atoms with van der Waals surface area (Å²) in [5, 5.41) is 3.12. The smallest absolute Gasteiger partial charge is 0.402 e. The van der Waals surface area contributed by atoms with E-state index in [2.05, 4.69) is 23.7 Å². The first kappa shape index (κ1) is 14.0. The molecular weight excluding hydrogens is 241 g/mol. The van der Waals surface area contributed by atoms with E-state index >= 15 is 0 Å². The molecule has 0 saturated heterocycles. The lowest BCUT2D eigenvalue weighted by Crippen LogP contribution is -2.10. The van der Waals surface area contributed by atoms with Gasteiger partial charge in [0.15, 0.2) is 5.75 Å². The topological polar surface area (TPSA) is 78.8 Å². The standard InChI is InChI=1S/C11H18NO4P/c1-3-9(2)8-12-10-6-4-5-7-11(10)16-17(13,14)15/h4-7,9,12H,3,8H2,1-2H3,(H2,13,14,15). The SMILES string of the molecule is CCC(C)CNc1ccccc1OP(=O)(O)O. The van der Waals surface area contributed by atoms with Crippen LogP contribution < -0.4 is 9.84 Å². The van der Waals surface area contributed by atoms with E-state index in [-0.39, 0.29) is 5.75 Å². The Morgan fingerprint density at radius 3 is 2.65 bits per heavy atom. The molecule has 1 unspecified atom stereocenters. The Balaban J connectivity index is 2.74. The summed E-state index contributed by atoms with van der Waals surface area (Å²) in [5.41, 5.74) is 0.594. The third-order valence-corrected chi connectivity index (χ3v) is 2.88. The van der Waals surface area contributed by atoms with Crippen LogP contribution in [-0.2, 0) is 4.57 Å². The summed E-state index contributed by atoms with van der Waals surface area (Å²) in [5.74, 6) is 0.655. The van der Waals surface area contributed by atoms with E-state index in [0.29, 0.717) is 11.6 Å². The zero-order chi connectivity index (χ0) is 12.9. The third kappa shape index (κ3) is 5.22. The summed E-state index contributed by atoms with van der Waals surface area (Å²) in [6, 6.07) is 6.70. The summed E-state index contributed by atoms with van der Waals surface area (Å²) >= 11 is 0. The third-order valence-electron chi connectivity index (χ3n) is 2.44. The van der Waals surface area contributed by atoms with Crippen molar-refractivity contribution in [3.63, 3.8) is 0 Å². The van der Waals surface area contributed by atoms with Crippen molar-refractivity contribution in [1.82, 2.24) is 0 Å². The maximum Gasteiger partial charge on any atom is 0.524 e. The van der Waals surface area contributed by atoms with E-state index in [9.17, 15) is 4.57 Å². The molecule has 0 saturated carbocycles. The van der Waals surface area contributed by atoms with E-state index in [1.807, 2.05) is 0 Å². The predicted molar refractivity (Wildman–Crippen MR) is 67.1 cm³/mol. The highest BCUT2D eigenvalue weighted by Gasteiger charge is 2.18. The van der Waals surface area contributed by atoms with Gasteiger partial charge in [-0.2, -0.15) is 0 Å². The Morgan fingerprint density at radius 2 is 2.06 bits per heavy atom. The van der Waals surface area contributed by atoms with E-state index in [0.717, 1.165) is 13.0 Å². The summed E-state index contributed by atoms with van der Waals surface area (Å²) < 4.78 is 15.4. The molecule has 5 nitrogen and oxygen atoms in total. The van der Waals surface area contributed by atoms with E-state index in [1.165, 1.54) is 6.07 Å². The molecule has 0 spiro atoms. The molecule has 0 heterocycles. The first-order chi connectivity index (χ1) is 7.92. The Bertz CT molecular complexity index is 404. The van der Waals surface area contributed by atoms with Crippen LogP contribution in [0.15, 0.2) is 24.3 Å². The minimum absolute atomic E-state index is 0.170. The van der Waals surface area contributed by atoms with Gasteiger partial charge in [0, 0.05) is 6.54 Å². The number of phosphoric acid groups is 1. The summed E-state index contributed by atoms with van der Waals surface area (Å²) in [4.78, 5) is 17.6. The second-order valence-electron chi connectivity index (χ2n) is 3.97. The van der Waals surface area contributed by atoms with Crippen molar-refractivity contribution < 1.29 is 18.9 Å². The molecule has 1 atom stereocenters. The van der Waals surface area contributed by atoms with Crippen molar-refractivity contribution >= 4 is 13.5 Å². The highest BCUT2D eigenvalue weighted by molar-refractivity contribution is 7.46. The molecule has 0 radical (unpaired) electrons. The fourth-order valence-corrected chi connectivity index (χ4v) is 1.66. The average molecular weight is 259 g/mol. The molecule has 0 aromatic heterocycles. The molecule has 6 heteroatoms. The number of phosphoric ester groups is 1. The lowest BCUT2D eigenvalue weighted by Gasteiger charge is -2.15. The molecule has 17 heavy (non-hydrogen) atoms. The van der Waals surface area contributed by atoms with Crippen LogP contribution in [0.1, 0.15) is 20.3 Å². The molecule has 96 valence electrons. The zero-order valence-corrected chi connectivity index (χ0v) is 10.9. The monoisotopic (exact) mass is 259 g/mol. The van der Waals surface area contributed by atoms with Gasteiger partial charge in [0.25, 0.3) is 0 Å². The molecule has 3 N–H and O–H groups in total. The number of rotatable bonds is 6. The van der Waals surface area contributed by atoms with Gasteiger partial charge < -0.3 is 9.84 Å². The quantitative estimate of drug-likeness (QED) is 0.684. The van der Waals surface area contributed by atoms with Crippen LogP contribution in [0.25, 0.3) is 0 Å². The Kier molecular flexibility index (Phi) is 5.00. The van der Waals surface area contributed by atoms with Crippen LogP contribution in [0.3, 0.4) is 0 Å². The highest BCUT2D eigenvalue weighted by atomic mass is 31.2. The minimum Gasteiger partial charge on any atom is -0.402 e. The van der Waals surface area contributed by atoms with Gasteiger partial charge in [0.2, 0.25) is 0 Å². The largest absolute Gasteiger partial charge is 0.524 e. The number of hydrogen-bond donors (Lipinski definition) is 3. The molecule has 0 bridgehead atoms. The van der Waals surface area contributed by atoms with Crippen molar-refractivity contribution in [1.29, 1.82) is 0 Å². The van der Waals surface area contributed by atoms with Gasteiger partial charge in [-0.05, 0) is 18.1 Å². The van der Waals surface area contributed by atoms with E-state index in [4.69, 9.17) is 9.79 Å². The minimum atomic E-state index is -4.51. The molecule has 0 fully saturated rings. The number of hydrogen-bond acceptors (Lipinski definition) is 3. The van der Waals surface area contributed by atoms with Crippen LogP contribution >= 0.6 is 7.82 Å². The normalized spacial score (nSPS) is 13.2. The number of nitrogens with one attached hydrogen (secondary N) is 1. The summed E-state index contributed by atoms with van der Waals surface area (Å²) in [7, 11) is -4.51. The van der Waals surface area contributed by atoms with Crippen LogP contribution in [0.2, 0.25) is 0 Å². The highest BCUT2D eigenvalue weighted by Crippen LogP contribution is 2.40. The molecule has 0 aliphatic heterocycles. The maximum atomic E-state index is 10.8. The fraction of sp³-hybridized carbons (Fsp3) is 0.455. The molecule has 1 aromatic carbocycles. The van der Waals surface area contributed by atoms with Gasteiger partial charge in [0.05, 0.1) is 5.69 Å². The van der Waals surface area contributed by atoms with E-state index < -0.39 is 7.82 Å². The average Bonchev–Trinajstić information content (AvgIpc) is 2.25. The number of anilines is 1. The molecule has 0 aliphatic rings. The number of benzene rings is 1. The van der Waals surface area contributed by atoms with Gasteiger partial charge in [-0.1, -0.05) is 32.4 Å². The predicted octanol–water partition coefficient (Wildman–Crippen LogP) is 2.62. The molecule has 0 amide bonds. The Labute approximate surface area is 101 Å². The summed E-state index contributed by atoms with van der Waals surface area (Å²) in [6.45, 7) is 4.92. The van der Waals surface area contributed by atoms with Crippen molar-refractivity contribution in [2.45, 2.75) is 20.3 Å². The van der Waals surface area contributed by atoms with Crippen LogP contribution in [0, 0.1) is 5.92 Å². The Morgan fingerprint density at radius 1 is 1.41 bits per heavy atom. The van der Waals surface area contributed by atoms with Gasteiger partial charge in [-0.3, -0.25) is 9.79 Å².